The van der Waals surface area contributed by atoms with Gasteiger partial charge in [-0.25, -0.2) is 4.79 Å². The molecule has 5 heteroatoms. The van der Waals surface area contributed by atoms with Crippen molar-refractivity contribution >= 4 is 44.6 Å². The summed E-state index contributed by atoms with van der Waals surface area (Å²) >= 11 is 5.84. The van der Waals surface area contributed by atoms with E-state index in [0.29, 0.717) is 0 Å². The van der Waals surface area contributed by atoms with Gasteiger partial charge < -0.3 is 10.5 Å². The molecular weight excluding hydrogens is 421 g/mol. The van der Waals surface area contributed by atoms with Gasteiger partial charge in [0.1, 0.15) is 5.60 Å². The van der Waals surface area contributed by atoms with E-state index in [-0.39, 0.29) is 0 Å². The fourth-order valence-electron chi connectivity index (χ4n) is 1.31. The summed E-state index contributed by atoms with van der Waals surface area (Å²) in [5.41, 5.74) is 5.71. The van der Waals surface area contributed by atoms with E-state index in [4.69, 9.17) is 5.73 Å². The summed E-state index contributed by atoms with van der Waals surface area (Å²) < 4.78 is 7.13. The van der Waals surface area contributed by atoms with Crippen molar-refractivity contribution in [3.8, 4) is 0 Å². The van der Waals surface area contributed by atoms with Crippen molar-refractivity contribution < 1.29 is 9.53 Å². The highest BCUT2D eigenvalue weighted by molar-refractivity contribution is 14.1. The third-order valence-corrected chi connectivity index (χ3v) is 3.48. The summed E-state index contributed by atoms with van der Waals surface area (Å²) in [6.45, 7) is 7.49. The minimum atomic E-state index is -0.725. The van der Waals surface area contributed by atoms with Crippen LogP contribution in [0.4, 0.5) is 4.79 Å². The van der Waals surface area contributed by atoms with E-state index >= 15 is 0 Å². The van der Waals surface area contributed by atoms with Gasteiger partial charge in [0, 0.05) is 8.04 Å². The van der Waals surface area contributed by atoms with Crippen LogP contribution in [0.3, 0.4) is 0 Å². The molecule has 0 aliphatic carbocycles. The lowest BCUT2D eigenvalue weighted by atomic mass is 10.1. The van der Waals surface area contributed by atoms with Gasteiger partial charge in [-0.3, -0.25) is 0 Å². The standard InChI is InChI=1S/C9H10BrI.C5H11NO2/c1-2-3-7-6-8(10)4-5-9(7)11;1-5(2,3)8-4(6)7/h4-6H,2-3H2,1H3;1-3H3,(H2,6,7). The number of amides is 1. The molecule has 1 rings (SSSR count). The second kappa shape index (κ2) is 8.79. The number of carbonyl (C=O) groups excluding carboxylic acids is 1. The minimum Gasteiger partial charge on any atom is -0.444 e. The summed E-state index contributed by atoms with van der Waals surface area (Å²) in [5.74, 6) is 0. The zero-order chi connectivity index (χ0) is 15.1. The van der Waals surface area contributed by atoms with E-state index in [1.165, 1.54) is 26.4 Å². The van der Waals surface area contributed by atoms with E-state index in [2.05, 4.69) is 68.4 Å². The average Bonchev–Trinajstić information content (AvgIpc) is 2.21. The van der Waals surface area contributed by atoms with Gasteiger partial charge in [0.15, 0.2) is 0 Å². The minimum absolute atomic E-state index is 0.453. The van der Waals surface area contributed by atoms with Gasteiger partial charge in [0.05, 0.1) is 0 Å². The number of benzene rings is 1. The lowest BCUT2D eigenvalue weighted by Crippen LogP contribution is -2.27. The van der Waals surface area contributed by atoms with E-state index in [1.54, 1.807) is 20.8 Å². The predicted molar refractivity (Wildman–Crippen MR) is 91.3 cm³/mol. The van der Waals surface area contributed by atoms with E-state index in [9.17, 15) is 4.79 Å². The Balaban J connectivity index is 0.000000362. The highest BCUT2D eigenvalue weighted by Crippen LogP contribution is 2.19. The lowest BCUT2D eigenvalue weighted by Gasteiger charge is -2.16. The van der Waals surface area contributed by atoms with Crippen molar-refractivity contribution in [3.63, 3.8) is 0 Å². The summed E-state index contributed by atoms with van der Waals surface area (Å²) in [6.07, 6.45) is 1.67. The maximum atomic E-state index is 10.0. The van der Waals surface area contributed by atoms with E-state index in [0.717, 1.165) is 0 Å². The monoisotopic (exact) mass is 441 g/mol. The average molecular weight is 442 g/mol. The van der Waals surface area contributed by atoms with Gasteiger partial charge in [-0.2, -0.15) is 0 Å². The Hall–Kier alpha value is -0.300. The first kappa shape index (κ1) is 18.7. The van der Waals surface area contributed by atoms with E-state index < -0.39 is 11.7 Å². The smallest absolute Gasteiger partial charge is 0.405 e. The first-order chi connectivity index (χ1) is 8.65. The number of halogens is 2. The molecule has 0 spiro atoms. The normalized spacial score (nSPS) is 10.4. The van der Waals surface area contributed by atoms with Crippen LogP contribution in [0, 0.1) is 3.57 Å². The number of ether oxygens (including phenoxy) is 1. The number of hydrogen-bond donors (Lipinski definition) is 1. The number of aryl methyl sites for hydroxylation is 1. The molecule has 0 fully saturated rings. The fraction of sp³-hybridized carbons (Fsp3) is 0.500. The number of carbonyl (C=O) groups is 1. The van der Waals surface area contributed by atoms with Gasteiger partial charge in [0.2, 0.25) is 0 Å². The molecular formula is C14H21BrINO2. The predicted octanol–water partition coefficient (Wildman–Crippen LogP) is 4.89. The van der Waals surface area contributed by atoms with Crippen LogP contribution in [-0.2, 0) is 11.2 Å². The summed E-state index contributed by atoms with van der Waals surface area (Å²) in [7, 11) is 0. The van der Waals surface area contributed by atoms with E-state index in [1.807, 2.05) is 0 Å². The molecule has 108 valence electrons. The van der Waals surface area contributed by atoms with Crippen LogP contribution in [0.25, 0.3) is 0 Å². The van der Waals surface area contributed by atoms with Crippen LogP contribution < -0.4 is 5.73 Å². The Morgan fingerprint density at radius 2 is 2.00 bits per heavy atom. The molecule has 0 aliphatic rings. The molecule has 2 N–H and O–H groups in total. The van der Waals surface area contributed by atoms with Crippen molar-refractivity contribution in [3.05, 3.63) is 31.8 Å². The van der Waals surface area contributed by atoms with Crippen LogP contribution >= 0.6 is 38.5 Å². The fourth-order valence-corrected chi connectivity index (χ4v) is 2.32. The molecule has 0 saturated heterocycles. The molecule has 0 aromatic heterocycles. The van der Waals surface area contributed by atoms with Crippen molar-refractivity contribution in [2.45, 2.75) is 46.1 Å². The van der Waals surface area contributed by atoms with Crippen LogP contribution in [0.1, 0.15) is 39.7 Å². The molecule has 0 saturated carbocycles. The Kier molecular flexibility index (Phi) is 8.65. The number of hydrogen-bond acceptors (Lipinski definition) is 2. The highest BCUT2D eigenvalue weighted by atomic mass is 127. The zero-order valence-corrected chi connectivity index (χ0v) is 15.5. The van der Waals surface area contributed by atoms with Gasteiger partial charge in [-0.1, -0.05) is 29.3 Å². The van der Waals surface area contributed by atoms with Gasteiger partial charge in [-0.05, 0) is 73.5 Å². The highest BCUT2D eigenvalue weighted by Gasteiger charge is 2.12. The SMILES string of the molecule is CC(C)(C)OC(N)=O.CCCc1cc(Br)ccc1I. The molecule has 1 aromatic carbocycles. The zero-order valence-electron chi connectivity index (χ0n) is 11.8. The van der Waals surface area contributed by atoms with Crippen molar-refractivity contribution in [2.24, 2.45) is 5.73 Å². The van der Waals surface area contributed by atoms with Crippen molar-refractivity contribution in [2.75, 3.05) is 0 Å². The van der Waals surface area contributed by atoms with Gasteiger partial charge in [0.25, 0.3) is 0 Å². The molecule has 0 atom stereocenters. The van der Waals surface area contributed by atoms with Gasteiger partial charge >= 0.3 is 6.09 Å². The number of nitrogens with two attached hydrogens (primary N) is 1. The van der Waals surface area contributed by atoms with Crippen LogP contribution in [0.15, 0.2) is 22.7 Å². The Labute approximate surface area is 137 Å². The van der Waals surface area contributed by atoms with Crippen molar-refractivity contribution in [1.29, 1.82) is 0 Å². The van der Waals surface area contributed by atoms with Crippen LogP contribution in [-0.4, -0.2) is 11.7 Å². The molecule has 0 aliphatic heterocycles. The van der Waals surface area contributed by atoms with Crippen molar-refractivity contribution in [1.82, 2.24) is 0 Å². The molecule has 19 heavy (non-hydrogen) atoms. The molecule has 0 radical (unpaired) electrons. The quantitative estimate of drug-likeness (QED) is 0.664. The lowest BCUT2D eigenvalue weighted by molar-refractivity contribution is 0.0600. The topological polar surface area (TPSA) is 52.3 Å². The maximum absolute atomic E-state index is 10.0. The van der Waals surface area contributed by atoms with Gasteiger partial charge in [-0.15, -0.1) is 0 Å². The first-order valence-electron chi connectivity index (χ1n) is 6.08. The van der Waals surface area contributed by atoms with Crippen LogP contribution in [0.2, 0.25) is 0 Å². The third-order valence-electron chi connectivity index (χ3n) is 1.93. The molecule has 0 unspecified atom stereocenters. The third kappa shape index (κ3) is 10.2. The molecule has 0 bridgehead atoms. The maximum Gasteiger partial charge on any atom is 0.405 e. The Morgan fingerprint density at radius 1 is 1.42 bits per heavy atom. The number of primary amides is 1. The summed E-state index contributed by atoms with van der Waals surface area (Å²) in [6, 6.07) is 6.43. The number of rotatable bonds is 2. The molecule has 1 aromatic rings. The Morgan fingerprint density at radius 3 is 2.37 bits per heavy atom. The second-order valence-electron chi connectivity index (χ2n) is 5.02. The molecule has 3 nitrogen and oxygen atoms in total. The van der Waals surface area contributed by atoms with Crippen LogP contribution in [0.5, 0.6) is 0 Å². The second-order valence-corrected chi connectivity index (χ2v) is 7.10. The first-order valence-corrected chi connectivity index (χ1v) is 7.95. The molecule has 1 amide bonds. The molecule has 0 heterocycles. The Bertz CT molecular complexity index is 416. The largest absolute Gasteiger partial charge is 0.444 e. The summed E-state index contributed by atoms with van der Waals surface area (Å²) in [5, 5.41) is 0. The summed E-state index contributed by atoms with van der Waals surface area (Å²) in [4.78, 5) is 10.0.